The van der Waals surface area contributed by atoms with Crippen LogP contribution in [-0.4, -0.2) is 52.3 Å². The standard InChI is InChI=1S/C23H25N3O2S2/c27-22(18-9-3-4-13-26(18)23(28)20-11-6-14-29-20)25-12-5-7-16(15-25)21-24-17-8-1-2-10-19(17)30-21/h1-2,6,8,10-11,14,16,18H,3-5,7,9,12-13,15H2/t16-,18-/m0/s1. The molecule has 2 amide bonds. The largest absolute Gasteiger partial charge is 0.340 e. The summed E-state index contributed by atoms with van der Waals surface area (Å²) in [5, 5.41) is 3.05. The Morgan fingerprint density at radius 3 is 2.73 bits per heavy atom. The van der Waals surface area contributed by atoms with Gasteiger partial charge in [-0.05, 0) is 55.7 Å². The molecule has 0 saturated carbocycles. The number of rotatable bonds is 3. The van der Waals surface area contributed by atoms with E-state index in [1.165, 1.54) is 16.0 Å². The molecule has 2 atom stereocenters. The number of thiophene rings is 1. The molecule has 3 aromatic rings. The predicted octanol–water partition coefficient (Wildman–Crippen LogP) is 4.76. The van der Waals surface area contributed by atoms with Gasteiger partial charge in [-0.1, -0.05) is 18.2 Å². The highest BCUT2D eigenvalue weighted by Gasteiger charge is 2.37. The van der Waals surface area contributed by atoms with Gasteiger partial charge < -0.3 is 9.80 Å². The van der Waals surface area contributed by atoms with Crippen LogP contribution in [0.4, 0.5) is 0 Å². The molecule has 2 saturated heterocycles. The van der Waals surface area contributed by atoms with Gasteiger partial charge in [-0.2, -0.15) is 0 Å². The molecule has 2 fully saturated rings. The van der Waals surface area contributed by atoms with E-state index >= 15 is 0 Å². The molecule has 0 spiro atoms. The van der Waals surface area contributed by atoms with Crippen LogP contribution in [0.1, 0.15) is 52.7 Å². The summed E-state index contributed by atoms with van der Waals surface area (Å²) in [6.45, 7) is 2.15. The number of amides is 2. The van der Waals surface area contributed by atoms with Crippen molar-refractivity contribution >= 4 is 44.7 Å². The zero-order valence-corrected chi connectivity index (χ0v) is 18.5. The second-order valence-corrected chi connectivity index (χ2v) is 10.1. The number of nitrogens with zero attached hydrogens (tertiary/aromatic N) is 3. The molecule has 4 heterocycles. The minimum Gasteiger partial charge on any atom is -0.340 e. The molecule has 0 unspecified atom stereocenters. The number of fused-ring (bicyclic) bond motifs is 1. The van der Waals surface area contributed by atoms with E-state index in [0.29, 0.717) is 13.1 Å². The van der Waals surface area contributed by atoms with Crippen LogP contribution >= 0.6 is 22.7 Å². The number of thiazole rings is 1. The molecule has 7 heteroatoms. The van der Waals surface area contributed by atoms with Crippen molar-refractivity contribution in [1.29, 1.82) is 0 Å². The summed E-state index contributed by atoms with van der Waals surface area (Å²) in [6.07, 6.45) is 4.78. The first kappa shape index (κ1) is 19.7. The highest BCUT2D eigenvalue weighted by molar-refractivity contribution is 7.18. The first-order chi connectivity index (χ1) is 14.7. The Labute approximate surface area is 184 Å². The van der Waals surface area contributed by atoms with Crippen LogP contribution in [0.5, 0.6) is 0 Å². The first-order valence-corrected chi connectivity index (χ1v) is 12.4. The summed E-state index contributed by atoms with van der Waals surface area (Å²) >= 11 is 3.20. The molecule has 1 aromatic carbocycles. The Balaban J connectivity index is 1.33. The lowest BCUT2D eigenvalue weighted by Crippen LogP contribution is -2.54. The Hall–Kier alpha value is -2.25. The van der Waals surface area contributed by atoms with Gasteiger partial charge in [0.25, 0.3) is 5.91 Å². The number of likely N-dealkylation sites (tertiary alicyclic amines) is 2. The minimum absolute atomic E-state index is 0.00258. The van der Waals surface area contributed by atoms with Gasteiger partial charge in [-0.25, -0.2) is 4.98 Å². The summed E-state index contributed by atoms with van der Waals surface area (Å²) in [4.78, 5) is 35.9. The van der Waals surface area contributed by atoms with E-state index in [1.807, 2.05) is 39.4 Å². The Morgan fingerprint density at radius 1 is 1.00 bits per heavy atom. The number of carbonyl (C=O) groups is 2. The lowest BCUT2D eigenvalue weighted by atomic mass is 9.95. The summed E-state index contributed by atoms with van der Waals surface area (Å²) < 4.78 is 1.20. The SMILES string of the molecule is O=C([C@@H]1CCCCN1C(=O)c1cccs1)N1CCC[C@H](c2nc3ccccc3s2)C1. The Bertz CT molecular complexity index is 1010. The molecule has 0 aliphatic carbocycles. The van der Waals surface area contributed by atoms with Crippen molar-refractivity contribution in [3.05, 3.63) is 51.7 Å². The van der Waals surface area contributed by atoms with Gasteiger partial charge in [-0.15, -0.1) is 22.7 Å². The lowest BCUT2D eigenvalue weighted by molar-refractivity contribution is -0.138. The molecule has 0 N–H and O–H groups in total. The summed E-state index contributed by atoms with van der Waals surface area (Å²) in [7, 11) is 0. The third kappa shape index (κ3) is 3.76. The highest BCUT2D eigenvalue weighted by Crippen LogP contribution is 2.34. The van der Waals surface area contributed by atoms with Gasteiger partial charge in [-0.3, -0.25) is 9.59 Å². The van der Waals surface area contributed by atoms with Crippen LogP contribution in [0.25, 0.3) is 10.2 Å². The summed E-state index contributed by atoms with van der Waals surface area (Å²) in [5.74, 6) is 0.401. The van der Waals surface area contributed by atoms with Gasteiger partial charge in [0.1, 0.15) is 6.04 Å². The van der Waals surface area contributed by atoms with Crippen LogP contribution in [0.2, 0.25) is 0 Å². The Kier molecular flexibility index (Phi) is 5.56. The second-order valence-electron chi connectivity index (χ2n) is 8.13. The molecule has 5 nitrogen and oxygen atoms in total. The number of piperidine rings is 2. The second kappa shape index (κ2) is 8.47. The predicted molar refractivity (Wildman–Crippen MR) is 121 cm³/mol. The summed E-state index contributed by atoms with van der Waals surface area (Å²) in [5.41, 5.74) is 1.04. The summed E-state index contributed by atoms with van der Waals surface area (Å²) in [6, 6.07) is 11.6. The van der Waals surface area contributed by atoms with Crippen molar-refractivity contribution in [2.75, 3.05) is 19.6 Å². The highest BCUT2D eigenvalue weighted by atomic mass is 32.1. The minimum atomic E-state index is -0.331. The molecular weight excluding hydrogens is 414 g/mol. The van der Waals surface area contributed by atoms with Crippen molar-refractivity contribution < 1.29 is 9.59 Å². The molecular formula is C23H25N3O2S2. The van der Waals surface area contributed by atoms with Crippen LogP contribution in [0.3, 0.4) is 0 Å². The number of aromatic nitrogens is 1. The van der Waals surface area contributed by atoms with Crippen molar-refractivity contribution in [3.8, 4) is 0 Å². The maximum atomic E-state index is 13.5. The molecule has 2 aromatic heterocycles. The fourth-order valence-corrected chi connectivity index (χ4v) is 6.40. The maximum absolute atomic E-state index is 13.5. The van der Waals surface area contributed by atoms with E-state index in [0.717, 1.165) is 54.1 Å². The van der Waals surface area contributed by atoms with Gasteiger partial charge >= 0.3 is 0 Å². The zero-order chi connectivity index (χ0) is 20.5. The lowest BCUT2D eigenvalue weighted by Gasteiger charge is -2.40. The van der Waals surface area contributed by atoms with Crippen molar-refractivity contribution in [2.24, 2.45) is 0 Å². The van der Waals surface area contributed by atoms with E-state index in [-0.39, 0.29) is 23.8 Å². The van der Waals surface area contributed by atoms with Crippen molar-refractivity contribution in [2.45, 2.75) is 44.1 Å². The molecule has 2 aliphatic rings. The molecule has 2 aliphatic heterocycles. The van der Waals surface area contributed by atoms with Crippen molar-refractivity contribution in [3.63, 3.8) is 0 Å². The number of para-hydroxylation sites is 1. The van der Waals surface area contributed by atoms with Gasteiger partial charge in [0.2, 0.25) is 5.91 Å². The van der Waals surface area contributed by atoms with Gasteiger partial charge in [0.15, 0.2) is 0 Å². The van der Waals surface area contributed by atoms with Crippen LogP contribution in [0, 0.1) is 0 Å². The maximum Gasteiger partial charge on any atom is 0.264 e. The van der Waals surface area contributed by atoms with Gasteiger partial charge in [0, 0.05) is 25.6 Å². The van der Waals surface area contributed by atoms with E-state index in [4.69, 9.17) is 4.98 Å². The monoisotopic (exact) mass is 439 g/mol. The van der Waals surface area contributed by atoms with Crippen molar-refractivity contribution in [1.82, 2.24) is 14.8 Å². The average molecular weight is 440 g/mol. The number of hydrogen-bond acceptors (Lipinski definition) is 5. The molecule has 156 valence electrons. The van der Waals surface area contributed by atoms with E-state index in [1.54, 1.807) is 11.3 Å². The normalized spacial score (nSPS) is 22.4. The number of hydrogen-bond donors (Lipinski definition) is 0. The molecule has 30 heavy (non-hydrogen) atoms. The average Bonchev–Trinajstić information content (AvgIpc) is 3.48. The van der Waals surface area contributed by atoms with Crippen LogP contribution in [0.15, 0.2) is 41.8 Å². The zero-order valence-electron chi connectivity index (χ0n) is 16.8. The van der Waals surface area contributed by atoms with Crippen LogP contribution in [-0.2, 0) is 4.79 Å². The smallest absolute Gasteiger partial charge is 0.264 e. The van der Waals surface area contributed by atoms with E-state index in [9.17, 15) is 9.59 Å². The fraction of sp³-hybridized carbons (Fsp3) is 0.435. The van der Waals surface area contributed by atoms with Crippen LogP contribution < -0.4 is 0 Å². The molecule has 5 rings (SSSR count). The van der Waals surface area contributed by atoms with E-state index in [2.05, 4.69) is 12.1 Å². The third-order valence-corrected chi connectivity index (χ3v) is 8.23. The van der Waals surface area contributed by atoms with Gasteiger partial charge in [0.05, 0.1) is 20.1 Å². The first-order valence-electron chi connectivity index (χ1n) is 10.7. The number of benzene rings is 1. The van der Waals surface area contributed by atoms with E-state index < -0.39 is 0 Å². The molecule has 0 radical (unpaired) electrons. The quantitative estimate of drug-likeness (QED) is 0.591. The topological polar surface area (TPSA) is 53.5 Å². The number of carbonyl (C=O) groups excluding carboxylic acids is 2. The fourth-order valence-electron chi connectivity index (χ4n) is 4.63. The molecule has 0 bridgehead atoms. The Morgan fingerprint density at radius 2 is 1.90 bits per heavy atom. The third-order valence-electron chi connectivity index (χ3n) is 6.17.